The van der Waals surface area contributed by atoms with E-state index < -0.39 is 4.92 Å². The first-order valence-corrected chi connectivity index (χ1v) is 6.39. The van der Waals surface area contributed by atoms with E-state index in [0.717, 1.165) is 17.0 Å². The van der Waals surface area contributed by atoms with Crippen molar-refractivity contribution in [3.8, 4) is 5.75 Å². The van der Waals surface area contributed by atoms with Gasteiger partial charge in [0.25, 0.3) is 5.69 Å². The highest BCUT2D eigenvalue weighted by atomic mass is 16.6. The van der Waals surface area contributed by atoms with Crippen molar-refractivity contribution < 1.29 is 9.66 Å². The van der Waals surface area contributed by atoms with Crippen LogP contribution in [-0.2, 0) is 6.54 Å². The van der Waals surface area contributed by atoms with E-state index in [1.807, 2.05) is 36.2 Å². The van der Waals surface area contributed by atoms with Gasteiger partial charge in [-0.05, 0) is 23.8 Å². The maximum Gasteiger partial charge on any atom is 0.271 e. The Labute approximate surface area is 122 Å². The number of non-ortho nitro benzene ring substituents is 1. The summed E-state index contributed by atoms with van der Waals surface area (Å²) in [5, 5.41) is 10.7. The summed E-state index contributed by atoms with van der Waals surface area (Å²) in [4.78, 5) is 12.2. The molecule has 0 unspecified atom stereocenters. The summed E-state index contributed by atoms with van der Waals surface area (Å²) in [7, 11) is 3.51. The van der Waals surface area contributed by atoms with Gasteiger partial charge in [-0.15, -0.1) is 0 Å². The molecule has 0 aliphatic carbocycles. The minimum Gasteiger partial charge on any atom is -0.497 e. The Bertz CT molecular complexity index is 641. The van der Waals surface area contributed by atoms with Gasteiger partial charge in [-0.3, -0.25) is 10.1 Å². The fraction of sp³-hybridized carbons (Fsp3) is 0.200. The Balaban J connectivity index is 2.15. The average molecular weight is 287 g/mol. The highest BCUT2D eigenvalue weighted by Crippen LogP contribution is 2.28. The maximum atomic E-state index is 10.7. The second kappa shape index (κ2) is 6.13. The topological polar surface area (TPSA) is 81.6 Å². The van der Waals surface area contributed by atoms with E-state index in [-0.39, 0.29) is 5.69 Å². The van der Waals surface area contributed by atoms with Gasteiger partial charge >= 0.3 is 0 Å². The SMILES string of the molecule is COc1ccc(CN(C)c2ccc([N+](=O)[O-])cc2N)cc1. The van der Waals surface area contributed by atoms with E-state index in [1.165, 1.54) is 12.1 Å². The molecule has 0 saturated heterocycles. The van der Waals surface area contributed by atoms with Crippen LogP contribution in [0.2, 0.25) is 0 Å². The Morgan fingerprint density at radius 2 is 1.90 bits per heavy atom. The molecule has 0 radical (unpaired) electrons. The van der Waals surface area contributed by atoms with Crippen molar-refractivity contribution in [2.45, 2.75) is 6.54 Å². The van der Waals surface area contributed by atoms with Crippen LogP contribution in [0, 0.1) is 10.1 Å². The summed E-state index contributed by atoms with van der Waals surface area (Å²) >= 11 is 0. The molecule has 2 rings (SSSR count). The molecule has 6 nitrogen and oxygen atoms in total. The normalized spacial score (nSPS) is 10.2. The molecule has 110 valence electrons. The number of rotatable bonds is 5. The second-order valence-corrected chi connectivity index (χ2v) is 4.70. The third-order valence-corrected chi connectivity index (χ3v) is 3.21. The van der Waals surface area contributed by atoms with E-state index in [0.29, 0.717) is 12.2 Å². The molecule has 0 amide bonds. The molecule has 0 aliphatic rings. The van der Waals surface area contributed by atoms with Gasteiger partial charge in [0.05, 0.1) is 23.4 Å². The van der Waals surface area contributed by atoms with Crippen molar-refractivity contribution >= 4 is 17.1 Å². The number of nitrogen functional groups attached to an aromatic ring is 1. The number of nitrogens with two attached hydrogens (primary N) is 1. The van der Waals surface area contributed by atoms with Gasteiger partial charge in [-0.25, -0.2) is 0 Å². The van der Waals surface area contributed by atoms with Gasteiger partial charge in [0.1, 0.15) is 5.75 Å². The van der Waals surface area contributed by atoms with E-state index in [1.54, 1.807) is 13.2 Å². The van der Waals surface area contributed by atoms with Gasteiger partial charge in [-0.2, -0.15) is 0 Å². The minimum absolute atomic E-state index is 0.00547. The zero-order valence-electron chi connectivity index (χ0n) is 11.9. The molecule has 0 atom stereocenters. The molecule has 0 spiro atoms. The van der Waals surface area contributed by atoms with Crippen LogP contribution < -0.4 is 15.4 Å². The molecule has 2 aromatic rings. The van der Waals surface area contributed by atoms with E-state index in [2.05, 4.69) is 0 Å². The standard InChI is InChI=1S/C15H17N3O3/c1-17(10-11-3-6-13(21-2)7-4-11)15-8-5-12(18(19)20)9-14(15)16/h3-9H,10,16H2,1-2H3. The summed E-state index contributed by atoms with van der Waals surface area (Å²) in [5.41, 5.74) is 8.13. The smallest absolute Gasteiger partial charge is 0.271 e. The molecule has 0 aromatic heterocycles. The van der Waals surface area contributed by atoms with Crippen LogP contribution in [-0.4, -0.2) is 19.1 Å². The summed E-state index contributed by atoms with van der Waals surface area (Å²) in [6.45, 7) is 0.645. The summed E-state index contributed by atoms with van der Waals surface area (Å²) in [5.74, 6) is 0.802. The van der Waals surface area contributed by atoms with Crippen molar-refractivity contribution in [1.82, 2.24) is 0 Å². The fourth-order valence-corrected chi connectivity index (χ4v) is 2.09. The van der Waals surface area contributed by atoms with Crippen molar-refractivity contribution in [2.24, 2.45) is 0 Å². The number of hydrogen-bond acceptors (Lipinski definition) is 5. The molecular formula is C15H17N3O3. The lowest BCUT2D eigenvalue weighted by Crippen LogP contribution is -2.17. The number of anilines is 2. The third-order valence-electron chi connectivity index (χ3n) is 3.21. The highest BCUT2D eigenvalue weighted by Gasteiger charge is 2.11. The number of methoxy groups -OCH3 is 1. The predicted molar refractivity (Wildman–Crippen MR) is 82.6 cm³/mol. The van der Waals surface area contributed by atoms with E-state index >= 15 is 0 Å². The largest absolute Gasteiger partial charge is 0.497 e. The first-order chi connectivity index (χ1) is 10.0. The zero-order valence-corrected chi connectivity index (χ0v) is 11.9. The molecule has 0 aliphatic heterocycles. The van der Waals surface area contributed by atoms with Crippen LogP contribution in [0.25, 0.3) is 0 Å². The van der Waals surface area contributed by atoms with Crippen molar-refractivity contribution in [3.05, 3.63) is 58.1 Å². The molecule has 2 N–H and O–H groups in total. The zero-order chi connectivity index (χ0) is 15.4. The first kappa shape index (κ1) is 14.6. The number of hydrogen-bond donors (Lipinski definition) is 1. The number of ether oxygens (including phenoxy) is 1. The molecular weight excluding hydrogens is 270 g/mol. The maximum absolute atomic E-state index is 10.7. The van der Waals surface area contributed by atoms with Crippen LogP contribution >= 0.6 is 0 Å². The van der Waals surface area contributed by atoms with Gasteiger partial charge in [0.2, 0.25) is 0 Å². The van der Waals surface area contributed by atoms with E-state index in [9.17, 15) is 10.1 Å². The number of nitrogens with zero attached hydrogens (tertiary/aromatic N) is 2. The van der Waals surface area contributed by atoms with Gasteiger partial charge < -0.3 is 15.4 Å². The monoisotopic (exact) mass is 287 g/mol. The third kappa shape index (κ3) is 3.42. The highest BCUT2D eigenvalue weighted by molar-refractivity contribution is 5.70. The molecule has 0 bridgehead atoms. The quantitative estimate of drug-likeness (QED) is 0.519. The Hall–Kier alpha value is -2.76. The predicted octanol–water partition coefficient (Wildman–Crippen LogP) is 2.82. The van der Waals surface area contributed by atoms with Crippen molar-refractivity contribution in [3.63, 3.8) is 0 Å². The average Bonchev–Trinajstić information content (AvgIpc) is 2.47. The summed E-state index contributed by atoms with van der Waals surface area (Å²) in [6, 6.07) is 12.2. The Morgan fingerprint density at radius 3 is 2.43 bits per heavy atom. The van der Waals surface area contributed by atoms with Gasteiger partial charge in [0, 0.05) is 25.7 Å². The molecule has 21 heavy (non-hydrogen) atoms. The molecule has 0 fully saturated rings. The lowest BCUT2D eigenvalue weighted by atomic mass is 10.1. The lowest BCUT2D eigenvalue weighted by Gasteiger charge is -2.21. The minimum atomic E-state index is -0.455. The summed E-state index contributed by atoms with van der Waals surface area (Å²) in [6.07, 6.45) is 0. The van der Waals surface area contributed by atoms with Crippen molar-refractivity contribution in [2.75, 3.05) is 24.8 Å². The van der Waals surface area contributed by atoms with Gasteiger partial charge in [0.15, 0.2) is 0 Å². The Morgan fingerprint density at radius 1 is 1.24 bits per heavy atom. The molecule has 6 heteroatoms. The van der Waals surface area contributed by atoms with Crippen LogP contribution in [0.3, 0.4) is 0 Å². The number of nitro benzene ring substituents is 1. The molecule has 0 heterocycles. The Kier molecular flexibility index (Phi) is 4.27. The number of nitro groups is 1. The van der Waals surface area contributed by atoms with E-state index in [4.69, 9.17) is 10.5 Å². The first-order valence-electron chi connectivity index (χ1n) is 6.39. The van der Waals surface area contributed by atoms with Crippen LogP contribution in [0.1, 0.15) is 5.56 Å². The fourth-order valence-electron chi connectivity index (χ4n) is 2.09. The summed E-state index contributed by atoms with van der Waals surface area (Å²) < 4.78 is 5.12. The number of benzene rings is 2. The molecule has 0 saturated carbocycles. The molecule has 2 aromatic carbocycles. The van der Waals surface area contributed by atoms with Crippen LogP contribution in [0.5, 0.6) is 5.75 Å². The van der Waals surface area contributed by atoms with Crippen molar-refractivity contribution in [1.29, 1.82) is 0 Å². The van der Waals surface area contributed by atoms with Gasteiger partial charge in [-0.1, -0.05) is 12.1 Å². The second-order valence-electron chi connectivity index (χ2n) is 4.70. The lowest BCUT2D eigenvalue weighted by molar-refractivity contribution is -0.384. The van der Waals surface area contributed by atoms with Crippen LogP contribution in [0.15, 0.2) is 42.5 Å². The van der Waals surface area contributed by atoms with Crippen LogP contribution in [0.4, 0.5) is 17.1 Å².